The van der Waals surface area contributed by atoms with E-state index in [4.69, 9.17) is 4.42 Å². The number of aryl methyl sites for hydroxylation is 1. The van der Waals surface area contributed by atoms with E-state index >= 15 is 0 Å². The quantitative estimate of drug-likeness (QED) is 0.788. The lowest BCUT2D eigenvalue weighted by atomic mass is 10.2. The Morgan fingerprint density at radius 1 is 1.29 bits per heavy atom. The van der Waals surface area contributed by atoms with E-state index in [0.717, 1.165) is 37.2 Å². The van der Waals surface area contributed by atoms with Gasteiger partial charge >= 0.3 is 0 Å². The Kier molecular flexibility index (Phi) is 3.66. The van der Waals surface area contributed by atoms with E-state index in [9.17, 15) is 0 Å². The molecule has 1 aromatic heterocycles. The van der Waals surface area contributed by atoms with Gasteiger partial charge in [0.05, 0.1) is 5.25 Å². The third-order valence-electron chi connectivity index (χ3n) is 3.27. The van der Waals surface area contributed by atoms with E-state index in [1.807, 2.05) is 11.8 Å². The van der Waals surface area contributed by atoms with Crippen LogP contribution >= 0.6 is 11.8 Å². The van der Waals surface area contributed by atoms with Crippen molar-refractivity contribution >= 4 is 11.8 Å². The van der Waals surface area contributed by atoms with E-state index in [-0.39, 0.29) is 0 Å². The SMILES string of the molecule is C(CNC1CC1)Cc1nnc(C2CCCS2)o1. The Morgan fingerprint density at radius 3 is 3.00 bits per heavy atom. The molecular weight excluding hydrogens is 234 g/mol. The van der Waals surface area contributed by atoms with Gasteiger partial charge < -0.3 is 9.73 Å². The maximum Gasteiger partial charge on any atom is 0.229 e. The minimum Gasteiger partial charge on any atom is -0.424 e. The number of nitrogens with one attached hydrogen (secondary N) is 1. The highest BCUT2D eigenvalue weighted by atomic mass is 32.2. The first-order valence-corrected chi connectivity index (χ1v) is 7.64. The summed E-state index contributed by atoms with van der Waals surface area (Å²) in [4.78, 5) is 0. The van der Waals surface area contributed by atoms with Gasteiger partial charge in [-0.05, 0) is 44.4 Å². The molecule has 17 heavy (non-hydrogen) atoms. The molecule has 0 radical (unpaired) electrons. The summed E-state index contributed by atoms with van der Waals surface area (Å²) in [5.74, 6) is 2.89. The smallest absolute Gasteiger partial charge is 0.229 e. The zero-order valence-corrected chi connectivity index (χ0v) is 10.8. The summed E-state index contributed by atoms with van der Waals surface area (Å²) in [6.45, 7) is 1.07. The second-order valence-corrected chi connectivity index (χ2v) is 6.18. The third kappa shape index (κ3) is 3.22. The zero-order chi connectivity index (χ0) is 11.5. The largest absolute Gasteiger partial charge is 0.424 e. The van der Waals surface area contributed by atoms with Crippen LogP contribution in [0.25, 0.3) is 0 Å². The first-order chi connectivity index (χ1) is 8.42. The fourth-order valence-corrected chi connectivity index (χ4v) is 3.29. The van der Waals surface area contributed by atoms with Gasteiger partial charge in [0.1, 0.15) is 0 Å². The van der Waals surface area contributed by atoms with Crippen LogP contribution < -0.4 is 5.32 Å². The number of hydrogen-bond acceptors (Lipinski definition) is 5. The van der Waals surface area contributed by atoms with E-state index < -0.39 is 0 Å². The van der Waals surface area contributed by atoms with Crippen LogP contribution in [-0.4, -0.2) is 28.5 Å². The fourth-order valence-electron chi connectivity index (χ4n) is 2.10. The van der Waals surface area contributed by atoms with Gasteiger partial charge in [-0.2, -0.15) is 0 Å². The molecule has 4 nitrogen and oxygen atoms in total. The maximum absolute atomic E-state index is 5.72. The summed E-state index contributed by atoms with van der Waals surface area (Å²) in [5, 5.41) is 12.3. The molecule has 1 unspecified atom stereocenters. The first-order valence-electron chi connectivity index (χ1n) is 6.59. The molecule has 0 bridgehead atoms. The van der Waals surface area contributed by atoms with Gasteiger partial charge in [-0.1, -0.05) is 0 Å². The van der Waals surface area contributed by atoms with Crippen LogP contribution in [-0.2, 0) is 6.42 Å². The molecule has 5 heteroatoms. The molecule has 94 valence electrons. The maximum atomic E-state index is 5.72. The van der Waals surface area contributed by atoms with E-state index in [1.165, 1.54) is 31.4 Å². The molecule has 0 amide bonds. The van der Waals surface area contributed by atoms with Crippen molar-refractivity contribution in [3.63, 3.8) is 0 Å². The molecule has 0 spiro atoms. The summed E-state index contributed by atoms with van der Waals surface area (Å²) in [6.07, 6.45) is 7.17. The van der Waals surface area contributed by atoms with Gasteiger partial charge in [-0.15, -0.1) is 22.0 Å². The van der Waals surface area contributed by atoms with Crippen molar-refractivity contribution in [1.29, 1.82) is 0 Å². The molecule has 2 aliphatic rings. The number of thioether (sulfide) groups is 1. The summed E-state index contributed by atoms with van der Waals surface area (Å²) in [7, 11) is 0. The van der Waals surface area contributed by atoms with Crippen molar-refractivity contribution in [2.24, 2.45) is 0 Å². The van der Waals surface area contributed by atoms with Crippen molar-refractivity contribution in [3.8, 4) is 0 Å². The summed E-state index contributed by atoms with van der Waals surface area (Å²) in [6, 6.07) is 0.795. The lowest BCUT2D eigenvalue weighted by molar-refractivity contribution is 0.436. The Hall–Kier alpha value is -0.550. The van der Waals surface area contributed by atoms with Gasteiger partial charge in [0.2, 0.25) is 11.8 Å². The molecule has 3 rings (SSSR count). The summed E-state index contributed by atoms with van der Waals surface area (Å²) >= 11 is 1.94. The Bertz CT molecular complexity index is 358. The second-order valence-electron chi connectivity index (χ2n) is 4.87. The van der Waals surface area contributed by atoms with Gasteiger partial charge in [0.15, 0.2) is 0 Å². The van der Waals surface area contributed by atoms with Crippen LogP contribution in [0.5, 0.6) is 0 Å². The van der Waals surface area contributed by atoms with Crippen LogP contribution in [0.3, 0.4) is 0 Å². The van der Waals surface area contributed by atoms with Crippen LogP contribution in [0.2, 0.25) is 0 Å². The van der Waals surface area contributed by atoms with Crippen LogP contribution in [0, 0.1) is 0 Å². The van der Waals surface area contributed by atoms with Gasteiger partial charge in [0, 0.05) is 12.5 Å². The highest BCUT2D eigenvalue weighted by Gasteiger charge is 2.23. The van der Waals surface area contributed by atoms with E-state index in [2.05, 4.69) is 15.5 Å². The first kappa shape index (κ1) is 11.5. The standard InChI is InChI=1S/C12H19N3OS/c1(7-13-9-5-6-9)4-11-14-15-12(16-11)10-3-2-8-17-10/h9-10,13H,1-8H2. The second kappa shape index (κ2) is 5.40. The van der Waals surface area contributed by atoms with Crippen LogP contribution in [0.15, 0.2) is 4.42 Å². The molecule has 0 aromatic carbocycles. The highest BCUT2D eigenvalue weighted by molar-refractivity contribution is 7.99. The van der Waals surface area contributed by atoms with Crippen molar-refractivity contribution in [1.82, 2.24) is 15.5 Å². The highest BCUT2D eigenvalue weighted by Crippen LogP contribution is 2.38. The molecule has 1 N–H and O–H groups in total. The molecule has 1 saturated carbocycles. The van der Waals surface area contributed by atoms with E-state index in [0.29, 0.717) is 5.25 Å². The van der Waals surface area contributed by atoms with Gasteiger partial charge in [-0.3, -0.25) is 0 Å². The van der Waals surface area contributed by atoms with E-state index in [1.54, 1.807) is 0 Å². The average molecular weight is 253 g/mol. The summed E-state index contributed by atoms with van der Waals surface area (Å²) < 4.78 is 5.72. The Morgan fingerprint density at radius 2 is 2.24 bits per heavy atom. The van der Waals surface area contributed by atoms with Gasteiger partial charge in [0.25, 0.3) is 0 Å². The number of rotatable bonds is 6. The van der Waals surface area contributed by atoms with Crippen LogP contribution in [0.4, 0.5) is 0 Å². The number of hydrogen-bond donors (Lipinski definition) is 1. The Balaban J connectivity index is 1.42. The fraction of sp³-hybridized carbons (Fsp3) is 0.833. The van der Waals surface area contributed by atoms with Gasteiger partial charge in [-0.25, -0.2) is 0 Å². The predicted octanol–water partition coefficient (Wildman–Crippen LogP) is 2.32. The number of nitrogens with zero attached hydrogens (tertiary/aromatic N) is 2. The average Bonchev–Trinajstić information content (AvgIpc) is 2.84. The molecule has 1 saturated heterocycles. The molecule has 1 aromatic rings. The molecule has 2 heterocycles. The molecule has 1 atom stereocenters. The lowest BCUT2D eigenvalue weighted by Crippen LogP contribution is -2.17. The zero-order valence-electron chi connectivity index (χ0n) is 10.0. The van der Waals surface area contributed by atoms with Crippen molar-refractivity contribution in [3.05, 3.63) is 11.8 Å². The predicted molar refractivity (Wildman–Crippen MR) is 68.1 cm³/mol. The molecule has 2 fully saturated rings. The minimum absolute atomic E-state index is 0.459. The minimum atomic E-state index is 0.459. The topological polar surface area (TPSA) is 51.0 Å². The molecular formula is C12H19N3OS. The van der Waals surface area contributed by atoms with Crippen molar-refractivity contribution in [2.45, 2.75) is 49.8 Å². The molecule has 1 aliphatic heterocycles. The van der Waals surface area contributed by atoms with Crippen molar-refractivity contribution in [2.75, 3.05) is 12.3 Å². The number of aromatic nitrogens is 2. The summed E-state index contributed by atoms with van der Waals surface area (Å²) in [5.41, 5.74) is 0. The monoisotopic (exact) mass is 253 g/mol. The Labute approximate surface area is 106 Å². The lowest BCUT2D eigenvalue weighted by Gasteiger charge is -2.01. The van der Waals surface area contributed by atoms with Crippen molar-refractivity contribution < 1.29 is 4.42 Å². The normalized spacial score (nSPS) is 24.4. The molecule has 1 aliphatic carbocycles. The third-order valence-corrected chi connectivity index (χ3v) is 4.63. The van der Waals surface area contributed by atoms with Crippen LogP contribution in [0.1, 0.15) is 49.1 Å².